The van der Waals surface area contributed by atoms with Gasteiger partial charge in [0.15, 0.2) is 0 Å². The maximum atomic E-state index is 5.66. The molecule has 0 radical (unpaired) electrons. The molecule has 0 aromatic heterocycles. The molecule has 0 heterocycles. The molecule has 0 saturated heterocycles. The first-order chi connectivity index (χ1) is 5.38. The Morgan fingerprint density at radius 1 is 1.27 bits per heavy atom. The molecule has 1 saturated carbocycles. The highest BCUT2D eigenvalue weighted by molar-refractivity contribution is 4.90. The van der Waals surface area contributed by atoms with Crippen molar-refractivity contribution < 1.29 is 0 Å². The van der Waals surface area contributed by atoms with Gasteiger partial charge in [0.1, 0.15) is 0 Å². The normalized spacial score (nSPS) is 31.3. The van der Waals surface area contributed by atoms with Gasteiger partial charge in [-0.1, -0.05) is 12.8 Å². The van der Waals surface area contributed by atoms with Crippen molar-refractivity contribution in [1.29, 1.82) is 0 Å². The molecular weight excluding hydrogens is 134 g/mol. The van der Waals surface area contributed by atoms with Crippen LogP contribution in [0.1, 0.15) is 32.1 Å². The van der Waals surface area contributed by atoms with Crippen LogP contribution in [0.5, 0.6) is 0 Å². The van der Waals surface area contributed by atoms with Crippen LogP contribution in [0.25, 0.3) is 0 Å². The summed E-state index contributed by atoms with van der Waals surface area (Å²) in [5, 5.41) is 0. The summed E-state index contributed by atoms with van der Waals surface area (Å²) in [5.41, 5.74) is 5.66. The van der Waals surface area contributed by atoms with Gasteiger partial charge in [0.25, 0.3) is 0 Å². The lowest BCUT2D eigenvalue weighted by Crippen LogP contribution is -2.26. The maximum Gasteiger partial charge on any atom is 0.0117 e. The average molecular weight is 151 g/mol. The Kier molecular flexibility index (Phi) is 3.45. The van der Waals surface area contributed by atoms with Gasteiger partial charge in [-0.2, -0.15) is 0 Å². The summed E-state index contributed by atoms with van der Waals surface area (Å²) in [6.45, 7) is 0.826. The lowest BCUT2D eigenvalue weighted by Gasteiger charge is -2.29. The van der Waals surface area contributed by atoms with Crippen LogP contribution in [-0.4, -0.2) is 6.54 Å². The Bertz CT molecular complexity index is 145. The summed E-state index contributed by atoms with van der Waals surface area (Å²) >= 11 is 0. The monoisotopic (exact) mass is 151 g/mol. The topological polar surface area (TPSA) is 26.0 Å². The molecule has 2 unspecified atom stereocenters. The summed E-state index contributed by atoms with van der Waals surface area (Å²) in [6, 6.07) is 0. The number of rotatable bonds is 2. The smallest absolute Gasteiger partial charge is 0.0117 e. The van der Waals surface area contributed by atoms with Gasteiger partial charge in [0, 0.05) is 6.42 Å². The van der Waals surface area contributed by atoms with E-state index in [1.54, 1.807) is 0 Å². The fraction of sp³-hybridized carbons (Fsp3) is 0.800. The van der Waals surface area contributed by atoms with Crippen molar-refractivity contribution in [2.24, 2.45) is 17.6 Å². The number of hydrogen-bond acceptors (Lipinski definition) is 1. The molecule has 0 amide bonds. The zero-order valence-corrected chi connectivity index (χ0v) is 7.05. The quantitative estimate of drug-likeness (QED) is 0.598. The summed E-state index contributed by atoms with van der Waals surface area (Å²) in [5.74, 6) is 4.18. The summed E-state index contributed by atoms with van der Waals surface area (Å²) in [6.07, 6.45) is 11.5. The van der Waals surface area contributed by atoms with E-state index in [1.807, 2.05) is 0 Å². The van der Waals surface area contributed by atoms with E-state index in [-0.39, 0.29) is 0 Å². The molecule has 0 aliphatic heterocycles. The maximum absolute atomic E-state index is 5.66. The van der Waals surface area contributed by atoms with Crippen molar-refractivity contribution in [3.63, 3.8) is 0 Å². The first-order valence-corrected chi connectivity index (χ1v) is 4.52. The first-order valence-electron chi connectivity index (χ1n) is 4.52. The lowest BCUT2D eigenvalue weighted by molar-refractivity contribution is 0.248. The fourth-order valence-corrected chi connectivity index (χ4v) is 2.01. The van der Waals surface area contributed by atoms with Crippen LogP contribution in [-0.2, 0) is 0 Å². The molecule has 0 bridgehead atoms. The van der Waals surface area contributed by atoms with E-state index in [9.17, 15) is 0 Å². The zero-order chi connectivity index (χ0) is 8.10. The minimum atomic E-state index is 0.708. The SMILES string of the molecule is C#CCC1CCCCC1CN. The van der Waals surface area contributed by atoms with Gasteiger partial charge in [-0.3, -0.25) is 0 Å². The van der Waals surface area contributed by atoms with E-state index in [4.69, 9.17) is 12.2 Å². The van der Waals surface area contributed by atoms with Gasteiger partial charge in [-0.25, -0.2) is 0 Å². The Morgan fingerprint density at radius 3 is 2.45 bits per heavy atom. The second-order valence-electron chi connectivity index (χ2n) is 3.45. The summed E-state index contributed by atoms with van der Waals surface area (Å²) in [4.78, 5) is 0. The summed E-state index contributed by atoms with van der Waals surface area (Å²) < 4.78 is 0. The molecule has 2 N–H and O–H groups in total. The standard InChI is InChI=1S/C10H17N/c1-2-5-9-6-3-4-7-10(9)8-11/h1,9-10H,3-8,11H2. The molecule has 1 heteroatoms. The Hall–Kier alpha value is -0.480. The van der Waals surface area contributed by atoms with E-state index in [0.29, 0.717) is 5.92 Å². The van der Waals surface area contributed by atoms with Gasteiger partial charge in [-0.15, -0.1) is 12.3 Å². The molecule has 62 valence electrons. The molecule has 1 aliphatic carbocycles. The predicted octanol–water partition coefficient (Wildman–Crippen LogP) is 1.77. The van der Waals surface area contributed by atoms with Gasteiger partial charge in [0.2, 0.25) is 0 Å². The number of hydrogen-bond donors (Lipinski definition) is 1. The van der Waals surface area contributed by atoms with Crippen LogP contribution >= 0.6 is 0 Å². The van der Waals surface area contributed by atoms with Crippen LogP contribution in [0.15, 0.2) is 0 Å². The van der Waals surface area contributed by atoms with Gasteiger partial charge < -0.3 is 5.73 Å². The van der Waals surface area contributed by atoms with E-state index in [0.717, 1.165) is 18.9 Å². The Labute approximate surface area is 69.4 Å². The molecule has 1 rings (SSSR count). The highest BCUT2D eigenvalue weighted by Gasteiger charge is 2.22. The van der Waals surface area contributed by atoms with E-state index in [2.05, 4.69) is 5.92 Å². The van der Waals surface area contributed by atoms with Gasteiger partial charge in [0.05, 0.1) is 0 Å². The van der Waals surface area contributed by atoms with Crippen LogP contribution in [0.3, 0.4) is 0 Å². The molecule has 11 heavy (non-hydrogen) atoms. The molecule has 0 spiro atoms. The van der Waals surface area contributed by atoms with Crippen LogP contribution in [0.2, 0.25) is 0 Å². The second kappa shape index (κ2) is 4.41. The molecule has 0 aromatic rings. The molecule has 1 fully saturated rings. The third-order valence-electron chi connectivity index (χ3n) is 2.75. The molecule has 1 aliphatic rings. The largest absolute Gasteiger partial charge is 0.330 e. The number of terminal acetylenes is 1. The number of nitrogens with two attached hydrogens (primary N) is 1. The van der Waals surface area contributed by atoms with Crippen molar-refractivity contribution in [2.75, 3.05) is 6.54 Å². The highest BCUT2D eigenvalue weighted by atomic mass is 14.6. The lowest BCUT2D eigenvalue weighted by atomic mass is 9.78. The van der Waals surface area contributed by atoms with Crippen molar-refractivity contribution in [3.8, 4) is 12.3 Å². The third-order valence-corrected chi connectivity index (χ3v) is 2.75. The zero-order valence-electron chi connectivity index (χ0n) is 7.05. The average Bonchev–Trinajstić information content (AvgIpc) is 2.06. The van der Waals surface area contributed by atoms with Crippen LogP contribution in [0, 0.1) is 24.2 Å². The molecule has 1 nitrogen and oxygen atoms in total. The van der Waals surface area contributed by atoms with Gasteiger partial charge >= 0.3 is 0 Å². The van der Waals surface area contributed by atoms with E-state index in [1.165, 1.54) is 25.7 Å². The van der Waals surface area contributed by atoms with E-state index < -0.39 is 0 Å². The van der Waals surface area contributed by atoms with E-state index >= 15 is 0 Å². The fourth-order valence-electron chi connectivity index (χ4n) is 2.01. The Balaban J connectivity index is 2.39. The van der Waals surface area contributed by atoms with Crippen LogP contribution < -0.4 is 5.73 Å². The molecular formula is C10H17N. The Morgan fingerprint density at radius 2 is 1.91 bits per heavy atom. The minimum Gasteiger partial charge on any atom is -0.330 e. The van der Waals surface area contributed by atoms with Gasteiger partial charge in [-0.05, 0) is 31.2 Å². The van der Waals surface area contributed by atoms with Crippen molar-refractivity contribution in [2.45, 2.75) is 32.1 Å². The minimum absolute atomic E-state index is 0.708. The molecule has 0 aromatic carbocycles. The van der Waals surface area contributed by atoms with Crippen molar-refractivity contribution in [3.05, 3.63) is 0 Å². The summed E-state index contributed by atoms with van der Waals surface area (Å²) in [7, 11) is 0. The third kappa shape index (κ3) is 2.24. The molecule has 2 atom stereocenters. The second-order valence-corrected chi connectivity index (χ2v) is 3.45. The van der Waals surface area contributed by atoms with Crippen LogP contribution in [0.4, 0.5) is 0 Å². The highest BCUT2D eigenvalue weighted by Crippen LogP contribution is 2.31. The van der Waals surface area contributed by atoms with Crippen molar-refractivity contribution in [1.82, 2.24) is 0 Å². The predicted molar refractivity (Wildman–Crippen MR) is 48.0 cm³/mol. The van der Waals surface area contributed by atoms with Crippen molar-refractivity contribution >= 4 is 0 Å². The first kappa shape index (κ1) is 8.62.